The maximum atomic E-state index is 13.1. The molecule has 0 bridgehead atoms. The molecule has 26 heavy (non-hydrogen) atoms. The van der Waals surface area contributed by atoms with Crippen LogP contribution in [0.15, 0.2) is 89.8 Å². The lowest BCUT2D eigenvalue weighted by Gasteiger charge is -2.21. The van der Waals surface area contributed by atoms with Crippen LogP contribution in [-0.2, 0) is 10.0 Å². The highest BCUT2D eigenvalue weighted by Gasteiger charge is 2.18. The molecular formula is C20H19FN2O2S. The number of anilines is 1. The van der Waals surface area contributed by atoms with Crippen LogP contribution < -0.4 is 10.0 Å². The molecule has 0 aromatic heterocycles. The maximum absolute atomic E-state index is 13.1. The van der Waals surface area contributed by atoms with Crippen molar-refractivity contribution in [1.82, 2.24) is 4.72 Å². The zero-order valence-corrected chi connectivity index (χ0v) is 14.8. The van der Waals surface area contributed by atoms with Crippen molar-refractivity contribution < 1.29 is 12.8 Å². The van der Waals surface area contributed by atoms with E-state index in [2.05, 4.69) is 10.0 Å². The Hall–Kier alpha value is -2.70. The molecule has 0 spiro atoms. The van der Waals surface area contributed by atoms with Gasteiger partial charge in [-0.05, 0) is 42.0 Å². The minimum Gasteiger partial charge on any atom is -0.377 e. The standard InChI is InChI=1S/C20H19FN2O2S/c21-17-11-13-18(14-12-17)23-20(16-7-3-1-4-8-16)15-22-26(24,25)19-9-5-2-6-10-19/h1-14,20,22-23H,15H2/t20-/m0/s1. The van der Waals surface area contributed by atoms with E-state index in [1.54, 1.807) is 42.5 Å². The minimum absolute atomic E-state index is 0.151. The Bertz CT molecular complexity index is 931. The molecule has 0 radical (unpaired) electrons. The van der Waals surface area contributed by atoms with Gasteiger partial charge < -0.3 is 5.32 Å². The fourth-order valence-corrected chi connectivity index (χ4v) is 3.63. The van der Waals surface area contributed by atoms with Crippen molar-refractivity contribution in [2.24, 2.45) is 0 Å². The van der Waals surface area contributed by atoms with E-state index < -0.39 is 10.0 Å². The minimum atomic E-state index is -3.61. The largest absolute Gasteiger partial charge is 0.377 e. The summed E-state index contributed by atoms with van der Waals surface area (Å²) in [5.74, 6) is -0.323. The van der Waals surface area contributed by atoms with Gasteiger partial charge in [-0.3, -0.25) is 0 Å². The molecule has 0 aliphatic carbocycles. The Morgan fingerprint density at radius 1 is 0.808 bits per heavy atom. The first-order valence-corrected chi connectivity index (χ1v) is 9.65. The maximum Gasteiger partial charge on any atom is 0.240 e. The molecule has 3 aromatic rings. The topological polar surface area (TPSA) is 58.2 Å². The molecule has 0 fully saturated rings. The second kappa shape index (κ2) is 8.12. The van der Waals surface area contributed by atoms with Crippen LogP contribution in [0.25, 0.3) is 0 Å². The van der Waals surface area contributed by atoms with E-state index >= 15 is 0 Å². The molecule has 3 aromatic carbocycles. The predicted molar refractivity (Wildman–Crippen MR) is 101 cm³/mol. The van der Waals surface area contributed by atoms with Crippen molar-refractivity contribution in [3.8, 4) is 0 Å². The summed E-state index contributed by atoms with van der Waals surface area (Å²) in [6, 6.07) is 23.4. The fraction of sp³-hybridized carbons (Fsp3) is 0.100. The predicted octanol–water partition coefficient (Wildman–Crippen LogP) is 3.96. The van der Waals surface area contributed by atoms with Gasteiger partial charge in [-0.1, -0.05) is 48.5 Å². The van der Waals surface area contributed by atoms with E-state index in [9.17, 15) is 12.8 Å². The first-order chi connectivity index (χ1) is 12.5. The van der Waals surface area contributed by atoms with E-state index in [4.69, 9.17) is 0 Å². The number of hydrogen-bond donors (Lipinski definition) is 2. The van der Waals surface area contributed by atoms with E-state index in [-0.39, 0.29) is 23.3 Å². The summed E-state index contributed by atoms with van der Waals surface area (Å²) in [7, 11) is -3.61. The lowest BCUT2D eigenvalue weighted by Crippen LogP contribution is -2.31. The Balaban J connectivity index is 1.79. The van der Waals surface area contributed by atoms with Gasteiger partial charge in [0.15, 0.2) is 0 Å². The van der Waals surface area contributed by atoms with Crippen molar-refractivity contribution in [3.63, 3.8) is 0 Å². The highest BCUT2D eigenvalue weighted by molar-refractivity contribution is 7.89. The molecule has 0 aliphatic rings. The second-order valence-corrected chi connectivity index (χ2v) is 7.55. The average Bonchev–Trinajstić information content (AvgIpc) is 2.68. The fourth-order valence-electron chi connectivity index (χ4n) is 2.56. The van der Waals surface area contributed by atoms with E-state index in [0.29, 0.717) is 5.69 Å². The molecule has 0 amide bonds. The number of rotatable bonds is 7. The zero-order valence-electron chi connectivity index (χ0n) is 14.0. The summed E-state index contributed by atoms with van der Waals surface area (Å²) in [5, 5.41) is 3.25. The smallest absolute Gasteiger partial charge is 0.240 e. The summed E-state index contributed by atoms with van der Waals surface area (Å²) in [6.07, 6.45) is 0. The average molecular weight is 370 g/mol. The van der Waals surface area contributed by atoms with Crippen molar-refractivity contribution in [2.75, 3.05) is 11.9 Å². The van der Waals surface area contributed by atoms with Gasteiger partial charge in [-0.2, -0.15) is 0 Å². The lowest BCUT2D eigenvalue weighted by atomic mass is 10.1. The molecule has 4 nitrogen and oxygen atoms in total. The van der Waals surface area contributed by atoms with Crippen LogP contribution in [-0.4, -0.2) is 15.0 Å². The SMILES string of the molecule is O=S(=O)(NC[C@H](Nc1ccc(F)cc1)c1ccccc1)c1ccccc1. The normalized spacial score (nSPS) is 12.5. The van der Waals surface area contributed by atoms with E-state index in [1.807, 2.05) is 30.3 Å². The van der Waals surface area contributed by atoms with Crippen LogP contribution in [0.2, 0.25) is 0 Å². The summed E-state index contributed by atoms with van der Waals surface area (Å²) in [4.78, 5) is 0.216. The highest BCUT2D eigenvalue weighted by Crippen LogP contribution is 2.20. The second-order valence-electron chi connectivity index (χ2n) is 5.78. The van der Waals surface area contributed by atoms with Crippen LogP contribution in [0.3, 0.4) is 0 Å². The molecule has 1 atom stereocenters. The van der Waals surface area contributed by atoms with Crippen molar-refractivity contribution >= 4 is 15.7 Å². The van der Waals surface area contributed by atoms with Gasteiger partial charge in [0.05, 0.1) is 10.9 Å². The first-order valence-electron chi connectivity index (χ1n) is 8.16. The van der Waals surface area contributed by atoms with Crippen molar-refractivity contribution in [3.05, 3.63) is 96.3 Å². The highest BCUT2D eigenvalue weighted by atomic mass is 32.2. The summed E-state index contributed by atoms with van der Waals surface area (Å²) < 4.78 is 40.7. The summed E-state index contributed by atoms with van der Waals surface area (Å²) >= 11 is 0. The van der Waals surface area contributed by atoms with E-state index in [1.165, 1.54) is 12.1 Å². The monoisotopic (exact) mass is 370 g/mol. The quantitative estimate of drug-likeness (QED) is 0.662. The van der Waals surface area contributed by atoms with Gasteiger partial charge in [-0.15, -0.1) is 0 Å². The third kappa shape index (κ3) is 4.68. The summed E-state index contributed by atoms with van der Waals surface area (Å²) in [5.41, 5.74) is 1.63. The zero-order chi connectivity index (χ0) is 18.4. The molecule has 3 rings (SSSR count). The van der Waals surface area contributed by atoms with Gasteiger partial charge in [0, 0.05) is 12.2 Å². The molecule has 0 aliphatic heterocycles. The number of benzene rings is 3. The summed E-state index contributed by atoms with van der Waals surface area (Å²) in [6.45, 7) is 0.151. The van der Waals surface area contributed by atoms with Crippen molar-refractivity contribution in [2.45, 2.75) is 10.9 Å². The molecule has 0 heterocycles. The lowest BCUT2D eigenvalue weighted by molar-refractivity contribution is 0.576. The number of nitrogens with one attached hydrogen (secondary N) is 2. The Morgan fingerprint density at radius 3 is 2.00 bits per heavy atom. The number of hydrogen-bond acceptors (Lipinski definition) is 3. The first kappa shape index (κ1) is 18.1. The Labute approximate surface area is 152 Å². The van der Waals surface area contributed by atoms with Crippen molar-refractivity contribution in [1.29, 1.82) is 0 Å². The van der Waals surface area contributed by atoms with E-state index in [0.717, 1.165) is 5.56 Å². The van der Waals surface area contributed by atoms with Gasteiger partial charge in [0.2, 0.25) is 10.0 Å². The number of halogens is 1. The van der Waals surface area contributed by atoms with Crippen LogP contribution in [0.4, 0.5) is 10.1 Å². The van der Waals surface area contributed by atoms with Crippen LogP contribution in [0, 0.1) is 5.82 Å². The molecule has 0 unspecified atom stereocenters. The molecule has 0 saturated carbocycles. The van der Waals surface area contributed by atoms with Crippen LogP contribution in [0.1, 0.15) is 11.6 Å². The molecule has 0 saturated heterocycles. The van der Waals surface area contributed by atoms with Gasteiger partial charge in [0.1, 0.15) is 5.82 Å². The molecular weight excluding hydrogens is 351 g/mol. The molecule has 2 N–H and O–H groups in total. The van der Waals surface area contributed by atoms with Gasteiger partial charge >= 0.3 is 0 Å². The molecule has 134 valence electrons. The van der Waals surface area contributed by atoms with Crippen LogP contribution >= 0.6 is 0 Å². The third-order valence-electron chi connectivity index (χ3n) is 3.92. The van der Waals surface area contributed by atoms with Crippen LogP contribution in [0.5, 0.6) is 0 Å². The van der Waals surface area contributed by atoms with Gasteiger partial charge in [-0.25, -0.2) is 17.5 Å². The Kier molecular flexibility index (Phi) is 5.65. The number of sulfonamides is 1. The third-order valence-corrected chi connectivity index (χ3v) is 5.36. The van der Waals surface area contributed by atoms with Gasteiger partial charge in [0.25, 0.3) is 0 Å². The molecule has 6 heteroatoms. The Morgan fingerprint density at radius 2 is 1.38 bits per heavy atom.